The number of carbonyl (C=O) groups excluding carboxylic acids is 1. The minimum atomic E-state index is -0.226. The zero-order valence-corrected chi connectivity index (χ0v) is 18.9. The molecule has 0 aliphatic heterocycles. The van der Waals surface area contributed by atoms with Gasteiger partial charge in [-0.2, -0.15) is 0 Å². The fourth-order valence-corrected chi connectivity index (χ4v) is 3.45. The average molecular weight is 461 g/mol. The summed E-state index contributed by atoms with van der Waals surface area (Å²) in [5.74, 6) is 0.994. The van der Waals surface area contributed by atoms with Crippen LogP contribution in [0.5, 0.6) is 17.2 Å². The molecule has 0 atom stereocenters. The van der Waals surface area contributed by atoms with Gasteiger partial charge in [-0.05, 0) is 42.0 Å². The van der Waals surface area contributed by atoms with E-state index in [1.807, 2.05) is 24.3 Å². The maximum absolute atomic E-state index is 13.5. The lowest BCUT2D eigenvalue weighted by Gasteiger charge is -2.24. The topological polar surface area (TPSA) is 60.9 Å². The highest BCUT2D eigenvalue weighted by atomic mass is 35.5. The molecule has 1 amide bonds. The lowest BCUT2D eigenvalue weighted by molar-refractivity contribution is 0.0727. The van der Waals surface area contributed by atoms with Gasteiger partial charge in [0.2, 0.25) is 5.75 Å². The third-order valence-electron chi connectivity index (χ3n) is 4.64. The zero-order valence-electron chi connectivity index (χ0n) is 17.4. The molecule has 0 bridgehead atoms. The van der Waals surface area contributed by atoms with E-state index in [9.17, 15) is 4.79 Å². The molecule has 1 aromatic heterocycles. The number of hydrogen-bond acceptors (Lipinski definition) is 5. The van der Waals surface area contributed by atoms with E-state index in [2.05, 4.69) is 4.98 Å². The summed E-state index contributed by atoms with van der Waals surface area (Å²) in [4.78, 5) is 19.6. The summed E-state index contributed by atoms with van der Waals surface area (Å²) >= 11 is 12.2. The molecule has 0 N–H and O–H groups in total. The van der Waals surface area contributed by atoms with Gasteiger partial charge in [0.05, 0.1) is 43.6 Å². The van der Waals surface area contributed by atoms with Crippen LogP contribution in [0.25, 0.3) is 0 Å². The van der Waals surface area contributed by atoms with Crippen molar-refractivity contribution in [2.45, 2.75) is 13.1 Å². The van der Waals surface area contributed by atoms with E-state index < -0.39 is 0 Å². The molecule has 1 heterocycles. The van der Waals surface area contributed by atoms with E-state index in [1.54, 1.807) is 35.4 Å². The number of carbonyl (C=O) groups is 1. The Morgan fingerprint density at radius 3 is 2.16 bits per heavy atom. The minimum absolute atomic E-state index is 0.226. The monoisotopic (exact) mass is 460 g/mol. The SMILES string of the molecule is COc1cc(C(=O)N(Cc2ccc(Cl)c(Cl)c2)Cc2ccccn2)cc(OC)c1OC. The Morgan fingerprint density at radius 1 is 0.903 bits per heavy atom. The third kappa shape index (κ3) is 5.40. The van der Waals surface area contributed by atoms with Gasteiger partial charge in [-0.1, -0.05) is 35.3 Å². The van der Waals surface area contributed by atoms with Crippen LogP contribution in [0.1, 0.15) is 21.6 Å². The molecule has 31 heavy (non-hydrogen) atoms. The van der Waals surface area contributed by atoms with E-state index in [0.717, 1.165) is 11.3 Å². The standard InChI is InChI=1S/C23H22Cl2N2O4/c1-29-20-11-16(12-21(30-2)22(20)31-3)23(28)27(14-17-6-4-5-9-26-17)13-15-7-8-18(24)19(25)10-15/h4-12H,13-14H2,1-3H3. The Hall–Kier alpha value is -2.96. The Morgan fingerprint density at radius 2 is 1.61 bits per heavy atom. The molecule has 0 spiro atoms. The van der Waals surface area contributed by atoms with Gasteiger partial charge in [-0.15, -0.1) is 0 Å². The summed E-state index contributed by atoms with van der Waals surface area (Å²) in [5.41, 5.74) is 1.99. The molecule has 0 radical (unpaired) electrons. The van der Waals surface area contributed by atoms with Gasteiger partial charge in [0.25, 0.3) is 5.91 Å². The summed E-state index contributed by atoms with van der Waals surface area (Å²) < 4.78 is 16.1. The molecule has 6 nitrogen and oxygen atoms in total. The predicted octanol–water partition coefficient (Wildman–Crippen LogP) is 5.26. The van der Waals surface area contributed by atoms with Crippen LogP contribution in [-0.2, 0) is 13.1 Å². The first-order valence-electron chi connectivity index (χ1n) is 9.40. The van der Waals surface area contributed by atoms with Crippen LogP contribution >= 0.6 is 23.2 Å². The summed E-state index contributed by atoms with van der Waals surface area (Å²) in [7, 11) is 4.53. The summed E-state index contributed by atoms with van der Waals surface area (Å²) in [6.45, 7) is 0.611. The highest BCUT2D eigenvalue weighted by Crippen LogP contribution is 2.38. The number of pyridine rings is 1. The fraction of sp³-hybridized carbons (Fsp3) is 0.217. The van der Waals surface area contributed by atoms with Crippen LogP contribution in [0.15, 0.2) is 54.7 Å². The van der Waals surface area contributed by atoms with Crippen molar-refractivity contribution in [1.29, 1.82) is 0 Å². The van der Waals surface area contributed by atoms with Gasteiger partial charge in [0.1, 0.15) is 0 Å². The van der Waals surface area contributed by atoms with Crippen molar-refractivity contribution in [2.24, 2.45) is 0 Å². The second-order valence-electron chi connectivity index (χ2n) is 6.64. The maximum Gasteiger partial charge on any atom is 0.254 e. The van der Waals surface area contributed by atoms with Crippen LogP contribution in [0, 0.1) is 0 Å². The average Bonchev–Trinajstić information content (AvgIpc) is 2.80. The maximum atomic E-state index is 13.5. The van der Waals surface area contributed by atoms with Crippen LogP contribution in [0.4, 0.5) is 0 Å². The molecule has 3 aromatic rings. The van der Waals surface area contributed by atoms with Gasteiger partial charge in [-0.25, -0.2) is 0 Å². The first kappa shape index (κ1) is 22.7. The van der Waals surface area contributed by atoms with Crippen molar-refractivity contribution in [3.05, 3.63) is 81.6 Å². The van der Waals surface area contributed by atoms with E-state index in [1.165, 1.54) is 21.3 Å². The molecule has 0 aliphatic carbocycles. The molecule has 0 fully saturated rings. The Bertz CT molecular complexity index is 1040. The minimum Gasteiger partial charge on any atom is -0.493 e. The number of benzene rings is 2. The van der Waals surface area contributed by atoms with Crippen molar-refractivity contribution in [3.63, 3.8) is 0 Å². The van der Waals surface area contributed by atoms with E-state index >= 15 is 0 Å². The van der Waals surface area contributed by atoms with Crippen LogP contribution < -0.4 is 14.2 Å². The predicted molar refractivity (Wildman–Crippen MR) is 120 cm³/mol. The molecular weight excluding hydrogens is 439 g/mol. The fourth-order valence-electron chi connectivity index (χ4n) is 3.13. The first-order chi connectivity index (χ1) is 15.0. The van der Waals surface area contributed by atoms with Gasteiger partial charge >= 0.3 is 0 Å². The number of rotatable bonds is 8. The molecular formula is C23H22Cl2N2O4. The third-order valence-corrected chi connectivity index (χ3v) is 5.37. The Labute approximate surface area is 191 Å². The first-order valence-corrected chi connectivity index (χ1v) is 10.2. The lowest BCUT2D eigenvalue weighted by atomic mass is 10.1. The summed E-state index contributed by atoms with van der Waals surface area (Å²) in [5, 5.41) is 0.884. The van der Waals surface area contributed by atoms with E-state index in [-0.39, 0.29) is 5.91 Å². The quantitative estimate of drug-likeness (QED) is 0.458. The summed E-state index contributed by atoms with van der Waals surface area (Å²) in [6, 6.07) is 14.1. The smallest absolute Gasteiger partial charge is 0.254 e. The molecule has 0 saturated heterocycles. The molecule has 8 heteroatoms. The number of halogens is 2. The number of amides is 1. The number of ether oxygens (including phenoxy) is 3. The summed E-state index contributed by atoms with van der Waals surface area (Å²) in [6.07, 6.45) is 1.69. The second-order valence-corrected chi connectivity index (χ2v) is 7.46. The van der Waals surface area contributed by atoms with Crippen molar-refractivity contribution >= 4 is 29.1 Å². The highest BCUT2D eigenvalue weighted by molar-refractivity contribution is 6.42. The second kappa shape index (κ2) is 10.4. The highest BCUT2D eigenvalue weighted by Gasteiger charge is 2.22. The van der Waals surface area contributed by atoms with Crippen molar-refractivity contribution in [1.82, 2.24) is 9.88 Å². The number of hydrogen-bond donors (Lipinski definition) is 0. The van der Waals surface area contributed by atoms with E-state index in [0.29, 0.717) is 45.9 Å². The van der Waals surface area contributed by atoms with Gasteiger partial charge in [0.15, 0.2) is 11.5 Å². The van der Waals surface area contributed by atoms with Crippen molar-refractivity contribution in [3.8, 4) is 17.2 Å². The number of aromatic nitrogens is 1. The van der Waals surface area contributed by atoms with Crippen molar-refractivity contribution < 1.29 is 19.0 Å². The lowest BCUT2D eigenvalue weighted by Crippen LogP contribution is -2.30. The van der Waals surface area contributed by atoms with E-state index in [4.69, 9.17) is 37.4 Å². The molecule has 3 rings (SSSR count). The molecule has 162 valence electrons. The Kier molecular flexibility index (Phi) is 7.60. The van der Waals surface area contributed by atoms with Gasteiger partial charge < -0.3 is 19.1 Å². The molecule has 0 saturated carbocycles. The molecule has 2 aromatic carbocycles. The zero-order chi connectivity index (χ0) is 22.4. The van der Waals surface area contributed by atoms with Gasteiger partial charge in [-0.3, -0.25) is 9.78 Å². The number of methoxy groups -OCH3 is 3. The normalized spacial score (nSPS) is 10.5. The number of nitrogens with zero attached hydrogens (tertiary/aromatic N) is 2. The Balaban J connectivity index is 1.99. The molecule has 0 unspecified atom stereocenters. The van der Waals surface area contributed by atoms with Crippen LogP contribution in [-0.4, -0.2) is 37.1 Å². The van der Waals surface area contributed by atoms with Crippen LogP contribution in [0.2, 0.25) is 10.0 Å². The van der Waals surface area contributed by atoms with Crippen LogP contribution in [0.3, 0.4) is 0 Å². The molecule has 0 aliphatic rings. The van der Waals surface area contributed by atoms with Crippen molar-refractivity contribution in [2.75, 3.05) is 21.3 Å². The largest absolute Gasteiger partial charge is 0.493 e. The van der Waals surface area contributed by atoms with Gasteiger partial charge in [0, 0.05) is 18.3 Å².